The van der Waals surface area contributed by atoms with Gasteiger partial charge >= 0.3 is 0 Å². The van der Waals surface area contributed by atoms with Crippen LogP contribution in [-0.4, -0.2) is 90.5 Å². The highest BCUT2D eigenvalue weighted by atomic mass is 16.5. The number of para-hydroxylation sites is 1. The molecule has 1 aliphatic carbocycles. The predicted octanol–water partition coefficient (Wildman–Crippen LogP) is 1.34. The maximum Gasteiger partial charge on any atom is 0.255 e. The first-order valence-corrected chi connectivity index (χ1v) is 11.0. The van der Waals surface area contributed by atoms with Gasteiger partial charge < -0.3 is 14.5 Å². The van der Waals surface area contributed by atoms with Crippen LogP contribution in [0, 0.1) is 0 Å². The Morgan fingerprint density at radius 2 is 1.67 bits per heavy atom. The molecule has 0 radical (unpaired) electrons. The number of morpholine rings is 1. The number of piperazine rings is 1. The van der Waals surface area contributed by atoms with Gasteiger partial charge in [-0.25, -0.2) is 0 Å². The van der Waals surface area contributed by atoms with Gasteiger partial charge in [0.2, 0.25) is 5.91 Å². The summed E-state index contributed by atoms with van der Waals surface area (Å²) in [7, 11) is 0. The second-order valence-electron chi connectivity index (χ2n) is 8.34. The van der Waals surface area contributed by atoms with Crippen LogP contribution >= 0.6 is 0 Å². The van der Waals surface area contributed by atoms with E-state index < -0.39 is 0 Å². The number of hydrogen-bond acceptors (Lipinski definition) is 5. The minimum absolute atomic E-state index is 0.0898. The van der Waals surface area contributed by atoms with Crippen LogP contribution in [0.5, 0.6) is 0 Å². The van der Waals surface area contributed by atoms with Gasteiger partial charge in [-0.2, -0.15) is 0 Å². The summed E-state index contributed by atoms with van der Waals surface area (Å²) in [6, 6.07) is 7.96. The number of ether oxygens (including phenoxy) is 1. The molecule has 0 N–H and O–H groups in total. The summed E-state index contributed by atoms with van der Waals surface area (Å²) >= 11 is 0. The SMILES string of the molecule is O=C(CN1CCOCC1)N1CCN(C(=O)c2c3c(nc4ccccc24)CCC3)CC1. The van der Waals surface area contributed by atoms with Crippen LogP contribution in [-0.2, 0) is 22.4 Å². The van der Waals surface area contributed by atoms with Gasteiger partial charge in [-0.3, -0.25) is 19.5 Å². The number of hydrogen-bond donors (Lipinski definition) is 0. The summed E-state index contributed by atoms with van der Waals surface area (Å²) in [6.45, 7) is 5.81. The Morgan fingerprint density at radius 1 is 0.933 bits per heavy atom. The van der Waals surface area contributed by atoms with Crippen LogP contribution in [0.4, 0.5) is 0 Å². The summed E-state index contributed by atoms with van der Waals surface area (Å²) in [5, 5.41) is 0.953. The van der Waals surface area contributed by atoms with Crippen molar-refractivity contribution in [3.8, 4) is 0 Å². The molecular formula is C23H28N4O3. The topological polar surface area (TPSA) is 66.0 Å². The van der Waals surface area contributed by atoms with Crippen molar-refractivity contribution >= 4 is 22.7 Å². The lowest BCUT2D eigenvalue weighted by Gasteiger charge is -2.36. The van der Waals surface area contributed by atoms with Crippen LogP contribution in [0.2, 0.25) is 0 Å². The number of fused-ring (bicyclic) bond motifs is 2. The zero-order valence-corrected chi connectivity index (χ0v) is 17.3. The third kappa shape index (κ3) is 3.68. The minimum atomic E-state index is 0.0898. The zero-order valence-electron chi connectivity index (χ0n) is 17.3. The normalized spacial score (nSPS) is 19.9. The largest absolute Gasteiger partial charge is 0.379 e. The number of aromatic nitrogens is 1. The molecule has 2 aromatic rings. The number of carbonyl (C=O) groups is 2. The van der Waals surface area contributed by atoms with E-state index in [1.807, 2.05) is 34.1 Å². The van der Waals surface area contributed by atoms with E-state index in [2.05, 4.69) is 4.90 Å². The number of carbonyl (C=O) groups excluding carboxylic acids is 2. The molecule has 158 valence electrons. The third-order valence-corrected chi connectivity index (χ3v) is 6.52. The lowest BCUT2D eigenvalue weighted by atomic mass is 9.99. The standard InChI is InChI=1S/C23H28N4O3/c28-21(16-25-12-14-30-15-13-25)26-8-10-27(11-9-26)23(29)22-17-4-1-2-6-19(17)24-20-7-3-5-18(20)22/h1-2,4,6H,3,5,7-16H2. The minimum Gasteiger partial charge on any atom is -0.379 e. The van der Waals surface area contributed by atoms with Crippen LogP contribution in [0.1, 0.15) is 28.0 Å². The third-order valence-electron chi connectivity index (χ3n) is 6.52. The fourth-order valence-corrected chi connectivity index (χ4v) is 4.82. The summed E-state index contributed by atoms with van der Waals surface area (Å²) in [4.78, 5) is 37.0. The average molecular weight is 409 g/mol. The Balaban J connectivity index is 1.29. The molecule has 2 amide bonds. The molecule has 0 unspecified atom stereocenters. The molecule has 2 fully saturated rings. The smallest absolute Gasteiger partial charge is 0.255 e. The highest BCUT2D eigenvalue weighted by Crippen LogP contribution is 2.31. The summed E-state index contributed by atoms with van der Waals surface area (Å²) in [6.07, 6.45) is 2.93. The Bertz CT molecular complexity index is 962. The molecule has 2 saturated heterocycles. The lowest BCUT2D eigenvalue weighted by Crippen LogP contribution is -2.53. The van der Waals surface area contributed by atoms with Gasteiger partial charge in [0.1, 0.15) is 0 Å². The van der Waals surface area contributed by atoms with Gasteiger partial charge in [-0.15, -0.1) is 0 Å². The molecule has 0 saturated carbocycles. The van der Waals surface area contributed by atoms with E-state index >= 15 is 0 Å². The van der Waals surface area contributed by atoms with Gasteiger partial charge in [0.05, 0.1) is 30.8 Å². The number of nitrogens with zero attached hydrogens (tertiary/aromatic N) is 4. The van der Waals surface area contributed by atoms with Crippen molar-refractivity contribution in [2.45, 2.75) is 19.3 Å². The van der Waals surface area contributed by atoms with Crippen LogP contribution in [0.15, 0.2) is 24.3 Å². The van der Waals surface area contributed by atoms with E-state index in [1.165, 1.54) is 0 Å². The molecule has 3 heterocycles. The molecule has 1 aromatic heterocycles. The molecule has 7 nitrogen and oxygen atoms in total. The van der Waals surface area contributed by atoms with E-state index in [4.69, 9.17) is 9.72 Å². The summed E-state index contributed by atoms with van der Waals surface area (Å²) < 4.78 is 5.36. The van der Waals surface area contributed by atoms with Crippen LogP contribution in [0.25, 0.3) is 10.9 Å². The Kier molecular flexibility index (Phi) is 5.39. The molecule has 1 aromatic carbocycles. The molecule has 7 heteroatoms. The maximum atomic E-state index is 13.5. The van der Waals surface area contributed by atoms with E-state index in [0.717, 1.165) is 60.1 Å². The fraction of sp³-hybridized carbons (Fsp3) is 0.522. The molecule has 0 spiro atoms. The number of rotatable bonds is 3. The molecular weight excluding hydrogens is 380 g/mol. The van der Waals surface area contributed by atoms with E-state index in [0.29, 0.717) is 45.9 Å². The molecule has 30 heavy (non-hydrogen) atoms. The zero-order chi connectivity index (χ0) is 20.5. The van der Waals surface area contributed by atoms with Gasteiger partial charge in [-0.05, 0) is 30.9 Å². The quantitative estimate of drug-likeness (QED) is 0.767. The van der Waals surface area contributed by atoms with E-state index in [1.54, 1.807) is 0 Å². The van der Waals surface area contributed by atoms with Gasteiger partial charge in [0, 0.05) is 50.3 Å². The van der Waals surface area contributed by atoms with Crippen molar-refractivity contribution < 1.29 is 14.3 Å². The lowest BCUT2D eigenvalue weighted by molar-refractivity contribution is -0.134. The number of pyridine rings is 1. The van der Waals surface area contributed by atoms with Crippen molar-refractivity contribution in [1.29, 1.82) is 0 Å². The van der Waals surface area contributed by atoms with Crippen LogP contribution < -0.4 is 0 Å². The second kappa shape index (κ2) is 8.32. The Labute approximate surface area is 176 Å². The molecule has 0 bridgehead atoms. The van der Waals surface area contributed by atoms with Gasteiger partial charge in [0.25, 0.3) is 5.91 Å². The Morgan fingerprint density at radius 3 is 2.47 bits per heavy atom. The number of benzene rings is 1. The molecule has 0 atom stereocenters. The van der Waals surface area contributed by atoms with Crippen molar-refractivity contribution in [3.05, 3.63) is 41.1 Å². The molecule has 2 aliphatic heterocycles. The number of amides is 2. The first kappa shape index (κ1) is 19.5. The highest BCUT2D eigenvalue weighted by Gasteiger charge is 2.30. The first-order chi connectivity index (χ1) is 14.7. The van der Waals surface area contributed by atoms with Gasteiger partial charge in [-0.1, -0.05) is 18.2 Å². The average Bonchev–Trinajstić information content (AvgIpc) is 3.26. The molecule has 5 rings (SSSR count). The van der Waals surface area contributed by atoms with E-state index in [-0.39, 0.29) is 11.8 Å². The highest BCUT2D eigenvalue weighted by molar-refractivity contribution is 6.08. The summed E-state index contributed by atoms with van der Waals surface area (Å²) in [5.41, 5.74) is 3.95. The van der Waals surface area contributed by atoms with E-state index in [9.17, 15) is 9.59 Å². The summed E-state index contributed by atoms with van der Waals surface area (Å²) in [5.74, 6) is 0.242. The van der Waals surface area contributed by atoms with Gasteiger partial charge in [0.15, 0.2) is 0 Å². The van der Waals surface area contributed by atoms with Crippen LogP contribution in [0.3, 0.4) is 0 Å². The van der Waals surface area contributed by atoms with Crippen molar-refractivity contribution in [2.75, 3.05) is 59.0 Å². The number of aryl methyl sites for hydroxylation is 1. The molecule has 3 aliphatic rings. The fourth-order valence-electron chi connectivity index (χ4n) is 4.82. The maximum absolute atomic E-state index is 13.5. The second-order valence-corrected chi connectivity index (χ2v) is 8.34. The monoisotopic (exact) mass is 408 g/mol. The van der Waals surface area contributed by atoms with Crippen molar-refractivity contribution in [1.82, 2.24) is 19.7 Å². The predicted molar refractivity (Wildman–Crippen MR) is 114 cm³/mol. The van der Waals surface area contributed by atoms with Crippen molar-refractivity contribution in [2.24, 2.45) is 0 Å². The first-order valence-electron chi connectivity index (χ1n) is 11.0. The Hall–Kier alpha value is -2.51. The van der Waals surface area contributed by atoms with Crippen molar-refractivity contribution in [3.63, 3.8) is 0 Å².